The van der Waals surface area contributed by atoms with Crippen LogP contribution in [0, 0.1) is 6.92 Å². The molecule has 1 aromatic carbocycles. The molecular weight excluding hydrogens is 396 g/mol. The average Bonchev–Trinajstić information content (AvgIpc) is 3.24. The second-order valence-corrected chi connectivity index (χ2v) is 8.18. The third kappa shape index (κ3) is 5.64. The lowest BCUT2D eigenvalue weighted by Crippen LogP contribution is -2.24. The van der Waals surface area contributed by atoms with Gasteiger partial charge in [0.05, 0.1) is 6.20 Å². The third-order valence-electron chi connectivity index (χ3n) is 4.61. The Morgan fingerprint density at radius 2 is 2.06 bits per heavy atom. The second kappa shape index (κ2) is 9.65. The number of aromatic nitrogens is 4. The van der Waals surface area contributed by atoms with E-state index in [0.717, 1.165) is 28.9 Å². The van der Waals surface area contributed by atoms with E-state index in [-0.39, 0.29) is 17.1 Å². The Hall–Kier alpha value is -3.33. The fourth-order valence-corrected chi connectivity index (χ4v) is 2.82. The molecule has 9 heteroatoms. The van der Waals surface area contributed by atoms with Crippen molar-refractivity contribution in [3.63, 3.8) is 0 Å². The molecule has 1 amide bonds. The molecule has 3 rings (SSSR count). The average molecular weight is 425 g/mol. The van der Waals surface area contributed by atoms with Crippen molar-refractivity contribution in [2.75, 3.05) is 20.2 Å². The van der Waals surface area contributed by atoms with Gasteiger partial charge in [0.2, 0.25) is 5.89 Å². The minimum Gasteiger partial charge on any atom is -0.488 e. The number of benzene rings is 1. The van der Waals surface area contributed by atoms with E-state index in [1.54, 1.807) is 6.20 Å². The number of carbonyl (C=O) groups is 1. The molecule has 3 aromatic rings. The van der Waals surface area contributed by atoms with Gasteiger partial charge in [-0.2, -0.15) is 4.98 Å². The molecule has 0 fully saturated rings. The third-order valence-corrected chi connectivity index (χ3v) is 4.61. The molecule has 0 unspecified atom stereocenters. The van der Waals surface area contributed by atoms with E-state index in [1.807, 2.05) is 52.9 Å². The van der Waals surface area contributed by atoms with E-state index in [4.69, 9.17) is 9.26 Å². The van der Waals surface area contributed by atoms with Crippen molar-refractivity contribution in [1.82, 2.24) is 30.7 Å². The highest BCUT2D eigenvalue weighted by molar-refractivity contribution is 5.90. The van der Waals surface area contributed by atoms with Gasteiger partial charge in [0.1, 0.15) is 18.6 Å². The molecular formula is C22H28N6O3. The molecule has 31 heavy (non-hydrogen) atoms. The van der Waals surface area contributed by atoms with E-state index in [2.05, 4.69) is 30.7 Å². The van der Waals surface area contributed by atoms with Crippen molar-refractivity contribution in [3.8, 4) is 17.0 Å². The minimum atomic E-state index is -0.376. The lowest BCUT2D eigenvalue weighted by molar-refractivity contribution is 0.0937. The predicted octanol–water partition coefficient (Wildman–Crippen LogP) is 2.66. The van der Waals surface area contributed by atoms with Crippen molar-refractivity contribution in [2.45, 2.75) is 39.7 Å². The molecule has 0 aliphatic carbocycles. The molecule has 0 saturated carbocycles. The van der Waals surface area contributed by atoms with E-state index >= 15 is 0 Å². The summed E-state index contributed by atoms with van der Waals surface area (Å²) in [6, 6.07) is 5.93. The van der Waals surface area contributed by atoms with Crippen LogP contribution in [0.2, 0.25) is 0 Å². The van der Waals surface area contributed by atoms with Crippen LogP contribution in [0.1, 0.15) is 48.4 Å². The predicted molar refractivity (Wildman–Crippen MR) is 116 cm³/mol. The van der Waals surface area contributed by atoms with Gasteiger partial charge >= 0.3 is 0 Å². The molecule has 0 bridgehead atoms. The van der Waals surface area contributed by atoms with Crippen LogP contribution in [0.3, 0.4) is 0 Å². The summed E-state index contributed by atoms with van der Waals surface area (Å²) >= 11 is 0. The van der Waals surface area contributed by atoms with Crippen LogP contribution in [-0.4, -0.2) is 46.2 Å². The monoisotopic (exact) mass is 424 g/mol. The lowest BCUT2D eigenvalue weighted by atomic mass is 9.97. The summed E-state index contributed by atoms with van der Waals surface area (Å²) in [5.41, 5.74) is 3.33. The fraction of sp³-hybridized carbons (Fsp3) is 0.409. The molecule has 2 aromatic heterocycles. The van der Waals surface area contributed by atoms with Gasteiger partial charge in [0.15, 0.2) is 5.75 Å². The van der Waals surface area contributed by atoms with E-state index in [1.165, 1.54) is 6.33 Å². The first-order valence-corrected chi connectivity index (χ1v) is 10.1. The number of rotatable bonds is 8. The highest BCUT2D eigenvalue weighted by Crippen LogP contribution is 2.28. The van der Waals surface area contributed by atoms with Crippen molar-refractivity contribution in [3.05, 3.63) is 53.6 Å². The topological polar surface area (TPSA) is 115 Å². The van der Waals surface area contributed by atoms with E-state index in [0.29, 0.717) is 24.8 Å². The van der Waals surface area contributed by atoms with Crippen LogP contribution in [0.25, 0.3) is 11.3 Å². The lowest BCUT2D eigenvalue weighted by Gasteiger charge is -2.12. The van der Waals surface area contributed by atoms with Crippen molar-refractivity contribution in [1.29, 1.82) is 0 Å². The van der Waals surface area contributed by atoms with Gasteiger partial charge in [-0.25, -0.2) is 9.97 Å². The summed E-state index contributed by atoms with van der Waals surface area (Å²) in [6.07, 6.45) is 3.17. The first-order chi connectivity index (χ1) is 14.8. The maximum absolute atomic E-state index is 12.4. The largest absolute Gasteiger partial charge is 0.488 e. The van der Waals surface area contributed by atoms with Crippen LogP contribution in [-0.2, 0) is 12.0 Å². The fourth-order valence-electron chi connectivity index (χ4n) is 2.82. The molecule has 2 N–H and O–H groups in total. The quantitative estimate of drug-likeness (QED) is 0.530. The summed E-state index contributed by atoms with van der Waals surface area (Å²) < 4.78 is 11.0. The number of amides is 1. The number of hydrogen-bond donors (Lipinski definition) is 2. The molecule has 0 atom stereocenters. The summed E-state index contributed by atoms with van der Waals surface area (Å²) in [7, 11) is 1.87. The Labute approximate surface area is 181 Å². The van der Waals surface area contributed by atoms with Gasteiger partial charge in [-0.15, -0.1) is 0 Å². The molecule has 2 heterocycles. The van der Waals surface area contributed by atoms with Crippen molar-refractivity contribution in [2.24, 2.45) is 0 Å². The van der Waals surface area contributed by atoms with Crippen LogP contribution in [0.4, 0.5) is 0 Å². The molecule has 0 radical (unpaired) electrons. The van der Waals surface area contributed by atoms with Crippen molar-refractivity contribution >= 4 is 5.91 Å². The van der Waals surface area contributed by atoms with Gasteiger partial charge in [-0.1, -0.05) is 38.1 Å². The molecule has 0 aliphatic heterocycles. The van der Waals surface area contributed by atoms with Gasteiger partial charge in [-0.05, 0) is 31.2 Å². The molecule has 0 spiro atoms. The summed E-state index contributed by atoms with van der Waals surface area (Å²) in [4.78, 5) is 25.0. The smallest absolute Gasteiger partial charge is 0.292 e. The highest BCUT2D eigenvalue weighted by Gasteiger charge is 2.24. The standard InChI is InChI=1S/C22H28N6O3/c1-14-10-15(18-17(12-24-13-26-18)30-9-8-23-5)6-7-16(14)11-25-20(29)19-27-21(31-28-19)22(2,3)4/h6-7,10,12-13,23H,8-9,11H2,1-5H3,(H,25,29). The Kier molecular flexibility index (Phi) is 6.96. The van der Waals surface area contributed by atoms with Gasteiger partial charge in [-0.3, -0.25) is 4.79 Å². The van der Waals surface area contributed by atoms with Crippen LogP contribution < -0.4 is 15.4 Å². The number of likely N-dealkylation sites (N-methyl/N-ethyl adjacent to an activating group) is 1. The summed E-state index contributed by atoms with van der Waals surface area (Å²) in [6.45, 7) is 9.42. The maximum atomic E-state index is 12.4. The van der Waals surface area contributed by atoms with Gasteiger partial charge in [0.25, 0.3) is 11.7 Å². The van der Waals surface area contributed by atoms with Gasteiger partial charge in [0, 0.05) is 24.1 Å². The molecule has 9 nitrogen and oxygen atoms in total. The number of nitrogens with zero attached hydrogens (tertiary/aromatic N) is 4. The number of carbonyl (C=O) groups excluding carboxylic acids is 1. The van der Waals surface area contributed by atoms with Crippen molar-refractivity contribution < 1.29 is 14.1 Å². The second-order valence-electron chi connectivity index (χ2n) is 8.18. The zero-order chi connectivity index (χ0) is 22.4. The van der Waals surface area contributed by atoms with Crippen LogP contribution in [0.15, 0.2) is 35.2 Å². The maximum Gasteiger partial charge on any atom is 0.292 e. The van der Waals surface area contributed by atoms with E-state index in [9.17, 15) is 4.79 Å². The van der Waals surface area contributed by atoms with Gasteiger partial charge < -0.3 is 19.9 Å². The first-order valence-electron chi connectivity index (χ1n) is 10.1. The zero-order valence-corrected chi connectivity index (χ0v) is 18.5. The SMILES string of the molecule is CNCCOc1cncnc1-c1ccc(CNC(=O)c2noc(C(C)(C)C)n2)c(C)c1. The Bertz CT molecular complexity index is 1040. The highest BCUT2D eigenvalue weighted by atomic mass is 16.5. The summed E-state index contributed by atoms with van der Waals surface area (Å²) in [5.74, 6) is 0.711. The van der Waals surface area contributed by atoms with Crippen LogP contribution in [0.5, 0.6) is 5.75 Å². The number of nitrogens with one attached hydrogen (secondary N) is 2. The summed E-state index contributed by atoms with van der Waals surface area (Å²) in [5, 5.41) is 9.67. The Morgan fingerprint density at radius 3 is 2.74 bits per heavy atom. The normalized spacial score (nSPS) is 11.4. The first kappa shape index (κ1) is 22.4. The molecule has 0 saturated heterocycles. The number of aryl methyl sites for hydroxylation is 1. The Morgan fingerprint density at radius 1 is 1.26 bits per heavy atom. The molecule has 164 valence electrons. The molecule has 0 aliphatic rings. The van der Waals surface area contributed by atoms with Crippen LogP contribution >= 0.6 is 0 Å². The number of ether oxygens (including phenoxy) is 1. The zero-order valence-electron chi connectivity index (χ0n) is 18.5. The minimum absolute atomic E-state index is 0.0311. The number of hydrogen-bond acceptors (Lipinski definition) is 8. The Balaban J connectivity index is 1.69. The van der Waals surface area contributed by atoms with E-state index < -0.39 is 0 Å².